The number of esters is 1. The molecule has 4 rings (SSSR count). The van der Waals surface area contributed by atoms with Crippen molar-refractivity contribution in [2.24, 2.45) is 0 Å². The highest BCUT2D eigenvalue weighted by Gasteiger charge is 2.31. The molecule has 0 heterocycles. The number of carbonyl (C=O) groups excluding carboxylic acids is 3. The number of benzene rings is 2. The van der Waals surface area contributed by atoms with E-state index in [0.29, 0.717) is 28.7 Å². The van der Waals surface area contributed by atoms with Crippen LogP contribution in [0.3, 0.4) is 0 Å². The molecule has 4 heteroatoms. The monoisotopic (exact) mass is 418 g/mol. The van der Waals surface area contributed by atoms with Gasteiger partial charge in [0.1, 0.15) is 6.10 Å². The van der Waals surface area contributed by atoms with Crippen LogP contribution in [-0.4, -0.2) is 23.6 Å². The average Bonchev–Trinajstić information content (AvgIpc) is 2.77. The van der Waals surface area contributed by atoms with Crippen molar-refractivity contribution in [3.05, 3.63) is 70.3 Å². The zero-order valence-electron chi connectivity index (χ0n) is 18.4. The fourth-order valence-corrected chi connectivity index (χ4v) is 4.77. The van der Waals surface area contributed by atoms with Gasteiger partial charge in [-0.2, -0.15) is 0 Å². The molecule has 0 spiro atoms. The van der Waals surface area contributed by atoms with E-state index >= 15 is 0 Å². The Hall–Kier alpha value is -2.75. The molecule has 0 N–H and O–H groups in total. The second kappa shape index (κ2) is 8.78. The SMILES string of the molecule is CC(C)(CCCC(=O)OC1CCCCC1)c1ccc2c(c1)C(=O)c1ccccc1C2=O. The molecule has 0 aliphatic heterocycles. The van der Waals surface area contributed by atoms with Gasteiger partial charge >= 0.3 is 5.97 Å². The normalized spacial score (nSPS) is 16.6. The maximum absolute atomic E-state index is 13.0. The lowest BCUT2D eigenvalue weighted by molar-refractivity contribution is -0.150. The van der Waals surface area contributed by atoms with Crippen LogP contribution in [0.4, 0.5) is 0 Å². The topological polar surface area (TPSA) is 60.4 Å². The Labute approximate surface area is 184 Å². The van der Waals surface area contributed by atoms with Crippen LogP contribution in [0.2, 0.25) is 0 Å². The van der Waals surface area contributed by atoms with Crippen LogP contribution in [0, 0.1) is 0 Å². The fourth-order valence-electron chi connectivity index (χ4n) is 4.77. The standard InChI is InChI=1S/C27H30O4/c1-27(2,16-8-13-24(28)31-19-9-4-3-5-10-19)18-14-15-22-23(17-18)26(30)21-12-7-6-11-20(21)25(22)29/h6-7,11-12,14-15,17,19H,3-5,8-10,13,16H2,1-2H3. The Morgan fingerprint density at radius 2 is 1.52 bits per heavy atom. The maximum atomic E-state index is 13.0. The molecule has 162 valence electrons. The number of ether oxygens (including phenoxy) is 1. The molecule has 0 bridgehead atoms. The summed E-state index contributed by atoms with van der Waals surface area (Å²) in [5, 5.41) is 0. The highest BCUT2D eigenvalue weighted by molar-refractivity contribution is 6.28. The second-order valence-corrected chi connectivity index (χ2v) is 9.45. The highest BCUT2D eigenvalue weighted by atomic mass is 16.5. The first-order chi connectivity index (χ1) is 14.9. The van der Waals surface area contributed by atoms with Gasteiger partial charge in [-0.1, -0.05) is 50.6 Å². The summed E-state index contributed by atoms with van der Waals surface area (Å²) in [5.74, 6) is -0.301. The van der Waals surface area contributed by atoms with Gasteiger partial charge < -0.3 is 4.74 Å². The lowest BCUT2D eigenvalue weighted by atomic mass is 9.76. The largest absolute Gasteiger partial charge is 0.462 e. The Morgan fingerprint density at radius 1 is 0.903 bits per heavy atom. The van der Waals surface area contributed by atoms with Crippen molar-refractivity contribution >= 4 is 17.5 Å². The third-order valence-corrected chi connectivity index (χ3v) is 6.74. The molecule has 2 aromatic rings. The van der Waals surface area contributed by atoms with E-state index in [1.807, 2.05) is 12.1 Å². The van der Waals surface area contributed by atoms with Crippen molar-refractivity contribution in [1.29, 1.82) is 0 Å². The molecule has 0 saturated heterocycles. The summed E-state index contributed by atoms with van der Waals surface area (Å²) in [7, 11) is 0. The summed E-state index contributed by atoms with van der Waals surface area (Å²) in [5.41, 5.74) is 2.68. The van der Waals surface area contributed by atoms with Crippen molar-refractivity contribution in [3.63, 3.8) is 0 Å². The number of hydrogen-bond acceptors (Lipinski definition) is 4. The van der Waals surface area contributed by atoms with E-state index in [1.165, 1.54) is 6.42 Å². The van der Waals surface area contributed by atoms with Gasteiger partial charge in [-0.15, -0.1) is 0 Å². The van der Waals surface area contributed by atoms with E-state index in [-0.39, 0.29) is 29.1 Å². The van der Waals surface area contributed by atoms with Gasteiger partial charge in [-0.05, 0) is 61.6 Å². The van der Waals surface area contributed by atoms with E-state index in [0.717, 1.165) is 44.1 Å². The van der Waals surface area contributed by atoms with Crippen LogP contribution >= 0.6 is 0 Å². The van der Waals surface area contributed by atoms with Crippen molar-refractivity contribution in [2.75, 3.05) is 0 Å². The van der Waals surface area contributed by atoms with Gasteiger partial charge in [0.05, 0.1) is 0 Å². The summed E-state index contributed by atoms with van der Waals surface area (Å²) < 4.78 is 5.62. The number of fused-ring (bicyclic) bond motifs is 2. The summed E-state index contributed by atoms with van der Waals surface area (Å²) in [6, 6.07) is 12.6. The van der Waals surface area contributed by atoms with Gasteiger partial charge in [0.25, 0.3) is 0 Å². The summed E-state index contributed by atoms with van der Waals surface area (Å²) in [6.07, 6.45) is 7.55. The lowest BCUT2D eigenvalue weighted by Gasteiger charge is -2.27. The van der Waals surface area contributed by atoms with E-state index in [4.69, 9.17) is 4.74 Å². The Morgan fingerprint density at radius 3 is 2.19 bits per heavy atom. The molecular formula is C27H30O4. The first-order valence-electron chi connectivity index (χ1n) is 11.4. The summed E-state index contributed by atoms with van der Waals surface area (Å²) >= 11 is 0. The minimum atomic E-state index is -0.222. The van der Waals surface area contributed by atoms with Crippen LogP contribution in [0.25, 0.3) is 0 Å². The summed E-state index contributed by atoms with van der Waals surface area (Å²) in [4.78, 5) is 38.0. The molecule has 0 unspecified atom stereocenters. The minimum Gasteiger partial charge on any atom is -0.462 e. The van der Waals surface area contributed by atoms with E-state index in [9.17, 15) is 14.4 Å². The number of ketones is 2. The van der Waals surface area contributed by atoms with Crippen LogP contribution in [0.5, 0.6) is 0 Å². The van der Waals surface area contributed by atoms with E-state index in [2.05, 4.69) is 13.8 Å². The predicted octanol–water partition coefficient (Wildman–Crippen LogP) is 5.79. The zero-order chi connectivity index (χ0) is 22.0. The molecule has 2 aliphatic carbocycles. The van der Waals surface area contributed by atoms with Gasteiger partial charge in [-0.25, -0.2) is 0 Å². The molecule has 4 nitrogen and oxygen atoms in total. The smallest absolute Gasteiger partial charge is 0.306 e. The number of hydrogen-bond donors (Lipinski definition) is 0. The quantitative estimate of drug-likeness (QED) is 0.476. The number of rotatable bonds is 6. The van der Waals surface area contributed by atoms with Gasteiger partial charge in [-0.3, -0.25) is 14.4 Å². The van der Waals surface area contributed by atoms with Crippen molar-refractivity contribution in [3.8, 4) is 0 Å². The molecule has 2 aliphatic rings. The average molecular weight is 419 g/mol. The molecule has 1 saturated carbocycles. The molecule has 0 aromatic heterocycles. The van der Waals surface area contributed by atoms with Crippen molar-refractivity contribution in [2.45, 2.75) is 76.7 Å². The van der Waals surface area contributed by atoms with E-state index in [1.54, 1.807) is 30.3 Å². The molecule has 0 amide bonds. The highest BCUT2D eigenvalue weighted by Crippen LogP contribution is 2.34. The van der Waals surface area contributed by atoms with Gasteiger partial charge in [0.15, 0.2) is 11.6 Å². The van der Waals surface area contributed by atoms with E-state index < -0.39 is 0 Å². The Kier molecular flexibility index (Phi) is 6.08. The Bertz CT molecular complexity index is 1010. The van der Waals surface area contributed by atoms with Crippen LogP contribution in [0.15, 0.2) is 42.5 Å². The lowest BCUT2D eigenvalue weighted by Crippen LogP contribution is -2.24. The van der Waals surface area contributed by atoms with Crippen molar-refractivity contribution in [1.82, 2.24) is 0 Å². The third kappa shape index (κ3) is 4.48. The van der Waals surface area contributed by atoms with Crippen molar-refractivity contribution < 1.29 is 19.1 Å². The molecule has 2 aromatic carbocycles. The van der Waals surface area contributed by atoms with Crippen LogP contribution in [-0.2, 0) is 14.9 Å². The fraction of sp³-hybridized carbons (Fsp3) is 0.444. The number of carbonyl (C=O) groups is 3. The maximum Gasteiger partial charge on any atom is 0.306 e. The predicted molar refractivity (Wildman–Crippen MR) is 120 cm³/mol. The third-order valence-electron chi connectivity index (χ3n) is 6.74. The molecule has 0 atom stereocenters. The van der Waals surface area contributed by atoms with Gasteiger partial charge in [0, 0.05) is 28.7 Å². The molecule has 1 fully saturated rings. The molecule has 0 radical (unpaired) electrons. The van der Waals surface area contributed by atoms with Crippen LogP contribution < -0.4 is 0 Å². The minimum absolute atomic E-state index is 0.0972. The van der Waals surface area contributed by atoms with Crippen LogP contribution in [0.1, 0.15) is 103 Å². The Balaban J connectivity index is 1.42. The molecular weight excluding hydrogens is 388 g/mol. The van der Waals surface area contributed by atoms with Gasteiger partial charge in [0.2, 0.25) is 0 Å². The zero-order valence-corrected chi connectivity index (χ0v) is 18.4. The first kappa shape index (κ1) is 21.5. The summed E-state index contributed by atoms with van der Waals surface area (Å²) in [6.45, 7) is 4.23. The second-order valence-electron chi connectivity index (χ2n) is 9.45. The first-order valence-corrected chi connectivity index (χ1v) is 11.4. The molecule has 31 heavy (non-hydrogen) atoms.